The molecule has 2 aromatic heterocycles. The summed E-state index contributed by atoms with van der Waals surface area (Å²) in [5, 5.41) is 0.145. The molecular formula is C36H52N4O5Si2. The number of fused-ring (bicyclic) bond motifs is 1. The third-order valence-electron chi connectivity index (χ3n) is 10.1. The van der Waals surface area contributed by atoms with E-state index < -0.39 is 16.6 Å². The average molecular weight is 677 g/mol. The number of aromatic nitrogens is 4. The summed E-state index contributed by atoms with van der Waals surface area (Å²) in [6.45, 7) is 23.6. The Morgan fingerprint density at radius 3 is 2.26 bits per heavy atom. The van der Waals surface area contributed by atoms with Gasteiger partial charge in [-0.1, -0.05) is 84.0 Å². The molecule has 0 bridgehead atoms. The molecule has 0 spiro atoms. The Morgan fingerprint density at radius 1 is 0.894 bits per heavy atom. The van der Waals surface area contributed by atoms with E-state index in [1.54, 1.807) is 13.4 Å². The molecule has 5 rings (SSSR count). The SMILES string of the molecule is COc1cccc(-c2nc(OCc3ccccc3)c3ncn([C@H]4C[C@H](O[Si](C)(C)C(C)(C)C)[C@@H](CO[Si](C)(C)C(C)(C)C)O4)c3n2)c1. The van der Waals surface area contributed by atoms with Gasteiger partial charge in [-0.3, -0.25) is 4.57 Å². The third kappa shape index (κ3) is 7.80. The van der Waals surface area contributed by atoms with E-state index in [1.807, 2.05) is 59.2 Å². The van der Waals surface area contributed by atoms with Crippen LogP contribution in [-0.4, -0.2) is 62.1 Å². The molecule has 2 aromatic carbocycles. The smallest absolute Gasteiger partial charge is 0.246 e. The van der Waals surface area contributed by atoms with Gasteiger partial charge in [-0.25, -0.2) is 9.97 Å². The van der Waals surface area contributed by atoms with Crippen molar-refractivity contribution in [3.8, 4) is 23.0 Å². The molecule has 3 heterocycles. The van der Waals surface area contributed by atoms with Gasteiger partial charge in [-0.15, -0.1) is 0 Å². The molecule has 0 N–H and O–H groups in total. The first-order chi connectivity index (χ1) is 22.0. The summed E-state index contributed by atoms with van der Waals surface area (Å²) >= 11 is 0. The van der Waals surface area contributed by atoms with Gasteiger partial charge in [0.05, 0.1) is 26.1 Å². The third-order valence-corrected chi connectivity index (χ3v) is 19.1. The van der Waals surface area contributed by atoms with Crippen molar-refractivity contribution < 1.29 is 23.1 Å². The molecule has 1 saturated heterocycles. The lowest BCUT2D eigenvalue weighted by Crippen LogP contribution is -2.48. The minimum absolute atomic E-state index is 0.0570. The Morgan fingerprint density at radius 2 is 1.60 bits per heavy atom. The summed E-state index contributed by atoms with van der Waals surface area (Å²) in [6, 6.07) is 17.8. The number of imidazole rings is 1. The molecule has 0 amide bonds. The predicted octanol–water partition coefficient (Wildman–Crippen LogP) is 8.78. The molecule has 3 atom stereocenters. The lowest BCUT2D eigenvalue weighted by atomic mass is 10.2. The van der Waals surface area contributed by atoms with Crippen LogP contribution in [0.4, 0.5) is 0 Å². The number of nitrogens with zero attached hydrogens (tertiary/aromatic N) is 4. The second-order valence-electron chi connectivity index (χ2n) is 15.5. The number of rotatable bonds is 11. The Bertz CT molecular complexity index is 1660. The standard InChI is InChI=1S/C36H52N4O5Si2/c1-35(2,3)46(8,9)43-23-29-28(45-47(10,11)36(4,5)6)21-30(44-29)40-24-37-31-33(40)38-32(26-18-15-19-27(20-26)41-7)39-34(31)42-22-25-16-13-12-14-17-25/h12-20,24,28-30H,21-23H2,1-11H3/t28-,29+,30+/m0/s1. The van der Waals surface area contributed by atoms with Crippen molar-refractivity contribution in [2.45, 2.75) is 109 Å². The number of benzene rings is 2. The van der Waals surface area contributed by atoms with Crippen LogP contribution in [0, 0.1) is 0 Å². The van der Waals surface area contributed by atoms with Gasteiger partial charge < -0.3 is 23.1 Å². The zero-order valence-corrected chi connectivity index (χ0v) is 32.0. The number of methoxy groups -OCH3 is 1. The van der Waals surface area contributed by atoms with E-state index in [2.05, 4.69) is 67.7 Å². The van der Waals surface area contributed by atoms with E-state index in [1.165, 1.54) is 0 Å². The largest absolute Gasteiger partial charge is 0.497 e. The molecule has 0 unspecified atom stereocenters. The van der Waals surface area contributed by atoms with Crippen LogP contribution < -0.4 is 9.47 Å². The van der Waals surface area contributed by atoms with Crippen molar-refractivity contribution >= 4 is 27.8 Å². The number of ether oxygens (including phenoxy) is 3. The minimum atomic E-state index is -2.11. The second kappa shape index (κ2) is 13.4. The highest BCUT2D eigenvalue weighted by Crippen LogP contribution is 2.43. The van der Waals surface area contributed by atoms with Gasteiger partial charge in [0.2, 0.25) is 5.88 Å². The molecular weight excluding hydrogens is 625 g/mol. The van der Waals surface area contributed by atoms with E-state index in [4.69, 9.17) is 38.0 Å². The van der Waals surface area contributed by atoms with Gasteiger partial charge >= 0.3 is 0 Å². The summed E-state index contributed by atoms with van der Waals surface area (Å²) in [4.78, 5) is 14.7. The molecule has 0 aliphatic carbocycles. The maximum Gasteiger partial charge on any atom is 0.246 e. The Hall–Kier alpha value is -3.10. The predicted molar refractivity (Wildman–Crippen MR) is 192 cm³/mol. The fraction of sp³-hybridized carbons (Fsp3) is 0.528. The molecule has 11 heteroatoms. The first-order valence-corrected chi connectivity index (χ1v) is 22.3. The quantitative estimate of drug-likeness (QED) is 0.146. The first-order valence-electron chi connectivity index (χ1n) is 16.5. The van der Waals surface area contributed by atoms with Crippen molar-refractivity contribution in [3.63, 3.8) is 0 Å². The van der Waals surface area contributed by atoms with E-state index in [-0.39, 0.29) is 28.5 Å². The maximum atomic E-state index is 7.04. The van der Waals surface area contributed by atoms with Crippen LogP contribution >= 0.6 is 0 Å². The number of hydrogen-bond acceptors (Lipinski definition) is 8. The highest BCUT2D eigenvalue weighted by atomic mass is 28.4. The molecule has 47 heavy (non-hydrogen) atoms. The summed E-state index contributed by atoms with van der Waals surface area (Å²) in [7, 11) is -2.48. The van der Waals surface area contributed by atoms with E-state index in [0.29, 0.717) is 42.5 Å². The summed E-state index contributed by atoms with van der Waals surface area (Å²) in [5.41, 5.74) is 3.08. The van der Waals surface area contributed by atoms with Gasteiger partial charge in [-0.2, -0.15) is 4.98 Å². The van der Waals surface area contributed by atoms with E-state index >= 15 is 0 Å². The van der Waals surface area contributed by atoms with Crippen molar-refractivity contribution in [3.05, 3.63) is 66.5 Å². The van der Waals surface area contributed by atoms with Crippen LogP contribution in [0.1, 0.15) is 59.8 Å². The van der Waals surface area contributed by atoms with Crippen LogP contribution in [0.5, 0.6) is 11.6 Å². The van der Waals surface area contributed by atoms with E-state index in [0.717, 1.165) is 16.9 Å². The second-order valence-corrected chi connectivity index (χ2v) is 25.1. The molecule has 254 valence electrons. The summed E-state index contributed by atoms with van der Waals surface area (Å²) < 4.78 is 34.4. The molecule has 0 radical (unpaired) electrons. The van der Waals surface area contributed by atoms with Crippen molar-refractivity contribution in [1.82, 2.24) is 19.5 Å². The van der Waals surface area contributed by atoms with Crippen LogP contribution in [0.15, 0.2) is 60.9 Å². The normalized spacial score (nSPS) is 19.3. The van der Waals surface area contributed by atoms with Gasteiger partial charge in [0.15, 0.2) is 33.6 Å². The minimum Gasteiger partial charge on any atom is -0.497 e. The maximum absolute atomic E-state index is 7.04. The summed E-state index contributed by atoms with van der Waals surface area (Å²) in [6.07, 6.45) is 1.74. The van der Waals surface area contributed by atoms with Gasteiger partial charge in [0, 0.05) is 12.0 Å². The topological polar surface area (TPSA) is 89.8 Å². The Labute approximate surface area is 282 Å². The molecule has 4 aromatic rings. The zero-order chi connectivity index (χ0) is 34.2. The van der Waals surface area contributed by atoms with Crippen LogP contribution in [0.3, 0.4) is 0 Å². The molecule has 1 aliphatic heterocycles. The molecule has 0 saturated carbocycles. The zero-order valence-electron chi connectivity index (χ0n) is 30.0. The fourth-order valence-corrected chi connectivity index (χ4v) is 7.40. The first kappa shape index (κ1) is 35.2. The number of hydrogen-bond donors (Lipinski definition) is 0. The Balaban J connectivity index is 1.52. The lowest BCUT2D eigenvalue weighted by molar-refractivity contribution is -0.0383. The van der Waals surface area contributed by atoms with Crippen LogP contribution in [-0.2, 0) is 20.2 Å². The molecule has 1 aliphatic rings. The lowest BCUT2D eigenvalue weighted by Gasteiger charge is -2.40. The highest BCUT2D eigenvalue weighted by Gasteiger charge is 2.47. The van der Waals surface area contributed by atoms with Gasteiger partial charge in [0.25, 0.3) is 0 Å². The van der Waals surface area contributed by atoms with Crippen molar-refractivity contribution in [2.24, 2.45) is 0 Å². The monoisotopic (exact) mass is 676 g/mol. The van der Waals surface area contributed by atoms with Crippen molar-refractivity contribution in [1.29, 1.82) is 0 Å². The highest BCUT2D eigenvalue weighted by molar-refractivity contribution is 6.74. The fourth-order valence-electron chi connectivity index (χ4n) is 5.03. The van der Waals surface area contributed by atoms with Gasteiger partial charge in [-0.05, 0) is 54.0 Å². The molecule has 1 fully saturated rings. The van der Waals surface area contributed by atoms with Gasteiger partial charge in [0.1, 0.15) is 24.7 Å². The summed E-state index contributed by atoms with van der Waals surface area (Å²) in [5.74, 6) is 1.66. The van der Waals surface area contributed by atoms with Crippen LogP contribution in [0.25, 0.3) is 22.6 Å². The van der Waals surface area contributed by atoms with Crippen LogP contribution in [0.2, 0.25) is 36.3 Å². The Kier molecular flexibility index (Phi) is 10.1. The molecule has 9 nitrogen and oxygen atoms in total. The average Bonchev–Trinajstić information content (AvgIpc) is 3.61. The van der Waals surface area contributed by atoms with Crippen molar-refractivity contribution in [2.75, 3.05) is 13.7 Å². The van der Waals surface area contributed by atoms with E-state index in [9.17, 15) is 0 Å².